The molecule has 0 bridgehead atoms. The molecule has 228 valence electrons. The summed E-state index contributed by atoms with van der Waals surface area (Å²) in [5.74, 6) is -4.98. The van der Waals surface area contributed by atoms with Gasteiger partial charge in [-0.25, -0.2) is 9.78 Å². The largest absolute Gasteiger partial charge is 0.508 e. The molecule has 2 aromatic rings. The van der Waals surface area contributed by atoms with Gasteiger partial charge in [0.2, 0.25) is 23.6 Å². The van der Waals surface area contributed by atoms with Crippen LogP contribution in [0.3, 0.4) is 0 Å². The molecule has 1 aromatic heterocycles. The van der Waals surface area contributed by atoms with Gasteiger partial charge in [-0.2, -0.15) is 0 Å². The summed E-state index contributed by atoms with van der Waals surface area (Å²) in [6, 6.07) is 0.523. The number of amides is 4. The molecule has 2 rings (SSSR count). The minimum Gasteiger partial charge on any atom is -0.508 e. The third-order valence-corrected chi connectivity index (χ3v) is 5.95. The molecule has 1 heterocycles. The highest BCUT2D eigenvalue weighted by Crippen LogP contribution is 2.12. The highest BCUT2D eigenvalue weighted by Gasteiger charge is 2.31. The second kappa shape index (κ2) is 16.2. The molecule has 4 amide bonds. The van der Waals surface area contributed by atoms with Gasteiger partial charge < -0.3 is 54.1 Å². The minimum atomic E-state index is -1.56. The van der Waals surface area contributed by atoms with Crippen molar-refractivity contribution in [2.24, 2.45) is 27.9 Å². The lowest BCUT2D eigenvalue weighted by atomic mass is 10.0. The van der Waals surface area contributed by atoms with Gasteiger partial charge >= 0.3 is 5.97 Å². The Kier molecular flexibility index (Phi) is 12.7. The number of benzene rings is 1. The van der Waals surface area contributed by atoms with E-state index in [1.54, 1.807) is 0 Å². The normalized spacial score (nSPS) is 13.5. The van der Waals surface area contributed by atoms with E-state index >= 15 is 0 Å². The summed E-state index contributed by atoms with van der Waals surface area (Å²) in [5.41, 5.74) is 22.8. The second-order valence-corrected chi connectivity index (χ2v) is 9.40. The van der Waals surface area contributed by atoms with Crippen LogP contribution in [0.4, 0.5) is 0 Å². The number of nitrogens with zero attached hydrogens (tertiary/aromatic N) is 2. The highest BCUT2D eigenvalue weighted by molar-refractivity contribution is 5.96. The van der Waals surface area contributed by atoms with Gasteiger partial charge in [-0.15, -0.1) is 0 Å². The van der Waals surface area contributed by atoms with Crippen molar-refractivity contribution in [2.45, 2.75) is 56.3 Å². The van der Waals surface area contributed by atoms with E-state index in [9.17, 15) is 34.2 Å². The van der Waals surface area contributed by atoms with Crippen molar-refractivity contribution in [1.82, 2.24) is 25.9 Å². The summed E-state index contributed by atoms with van der Waals surface area (Å²) >= 11 is 0. The van der Waals surface area contributed by atoms with Crippen molar-refractivity contribution in [1.29, 1.82) is 0 Å². The van der Waals surface area contributed by atoms with E-state index < -0.39 is 60.2 Å². The van der Waals surface area contributed by atoms with Gasteiger partial charge in [-0.1, -0.05) is 12.1 Å². The molecule has 0 saturated carbocycles. The zero-order valence-electron chi connectivity index (χ0n) is 22.7. The number of H-pyrrole nitrogens is 1. The molecular formula is C25H36N10O7. The van der Waals surface area contributed by atoms with Crippen LogP contribution in [0, 0.1) is 0 Å². The number of imidazole rings is 1. The van der Waals surface area contributed by atoms with Crippen LogP contribution < -0.4 is 38.9 Å². The Labute approximate surface area is 240 Å². The summed E-state index contributed by atoms with van der Waals surface area (Å²) in [6.07, 6.45) is 2.40. The zero-order chi connectivity index (χ0) is 31.2. The zero-order valence-corrected chi connectivity index (χ0v) is 22.7. The second-order valence-electron chi connectivity index (χ2n) is 9.40. The Morgan fingerprint density at radius 1 is 0.905 bits per heavy atom. The number of hydrogen-bond acceptors (Lipinski definition) is 9. The Morgan fingerprint density at radius 2 is 1.52 bits per heavy atom. The highest BCUT2D eigenvalue weighted by atomic mass is 16.4. The number of aromatic hydroxyl groups is 1. The van der Waals surface area contributed by atoms with Crippen LogP contribution >= 0.6 is 0 Å². The number of aliphatic carboxylic acids is 1. The number of phenols is 1. The molecule has 4 unspecified atom stereocenters. The van der Waals surface area contributed by atoms with Crippen LogP contribution in [0.5, 0.6) is 5.75 Å². The number of aromatic amines is 1. The average molecular weight is 589 g/mol. The van der Waals surface area contributed by atoms with E-state index in [1.165, 1.54) is 36.8 Å². The smallest absolute Gasteiger partial charge is 0.326 e. The number of nitrogens with two attached hydrogens (primary N) is 4. The predicted octanol–water partition coefficient (Wildman–Crippen LogP) is -3.30. The molecule has 17 nitrogen and oxygen atoms in total. The van der Waals surface area contributed by atoms with Gasteiger partial charge in [0.1, 0.15) is 23.9 Å². The first kappa shape index (κ1) is 33.0. The fourth-order valence-corrected chi connectivity index (χ4v) is 3.78. The lowest BCUT2D eigenvalue weighted by Crippen LogP contribution is -2.58. The van der Waals surface area contributed by atoms with Crippen molar-refractivity contribution in [3.63, 3.8) is 0 Å². The molecule has 1 aromatic carbocycles. The first-order chi connectivity index (χ1) is 19.8. The molecule has 0 aliphatic rings. The number of rotatable bonds is 17. The van der Waals surface area contributed by atoms with E-state index in [4.69, 9.17) is 22.9 Å². The molecular weight excluding hydrogens is 552 g/mol. The van der Waals surface area contributed by atoms with Gasteiger partial charge in [0, 0.05) is 31.3 Å². The van der Waals surface area contributed by atoms with Gasteiger partial charge in [-0.05, 0) is 30.5 Å². The summed E-state index contributed by atoms with van der Waals surface area (Å²) in [6.45, 7) is 0.238. The predicted molar refractivity (Wildman–Crippen MR) is 149 cm³/mol. The van der Waals surface area contributed by atoms with E-state index in [0.717, 1.165) is 0 Å². The number of nitrogens with one attached hydrogen (secondary N) is 4. The number of guanidine groups is 1. The number of phenolic OH excluding ortho intramolecular Hbond substituents is 1. The first-order valence-corrected chi connectivity index (χ1v) is 12.8. The molecule has 0 aliphatic heterocycles. The Balaban J connectivity index is 2.19. The number of carboxylic acids is 1. The maximum Gasteiger partial charge on any atom is 0.326 e. The third kappa shape index (κ3) is 11.5. The van der Waals surface area contributed by atoms with E-state index in [1.807, 2.05) is 0 Å². The molecule has 17 heteroatoms. The van der Waals surface area contributed by atoms with Crippen molar-refractivity contribution >= 4 is 35.6 Å². The number of carboxylic acid groups (broad SMARTS) is 1. The fraction of sp³-hybridized carbons (Fsp3) is 0.400. The molecule has 0 saturated heterocycles. The van der Waals surface area contributed by atoms with Gasteiger partial charge in [-0.3, -0.25) is 24.2 Å². The number of primary amides is 1. The molecule has 0 fully saturated rings. The summed E-state index contributed by atoms with van der Waals surface area (Å²) in [7, 11) is 0. The Morgan fingerprint density at radius 3 is 2.10 bits per heavy atom. The molecule has 0 spiro atoms. The Bertz CT molecular complexity index is 1250. The molecule has 0 aliphatic carbocycles. The lowest BCUT2D eigenvalue weighted by molar-refractivity contribution is -0.142. The maximum absolute atomic E-state index is 13.4. The van der Waals surface area contributed by atoms with Gasteiger partial charge in [0.05, 0.1) is 18.8 Å². The maximum atomic E-state index is 13.4. The van der Waals surface area contributed by atoms with E-state index in [0.29, 0.717) is 17.7 Å². The van der Waals surface area contributed by atoms with Crippen LogP contribution in [-0.2, 0) is 36.8 Å². The van der Waals surface area contributed by atoms with Crippen LogP contribution in [0.1, 0.15) is 30.5 Å². The van der Waals surface area contributed by atoms with Crippen LogP contribution in [0.15, 0.2) is 41.8 Å². The summed E-state index contributed by atoms with van der Waals surface area (Å²) < 4.78 is 0. The lowest BCUT2D eigenvalue weighted by Gasteiger charge is -2.25. The van der Waals surface area contributed by atoms with Gasteiger partial charge in [0.25, 0.3) is 0 Å². The first-order valence-electron chi connectivity index (χ1n) is 12.8. The van der Waals surface area contributed by atoms with E-state index in [-0.39, 0.29) is 37.5 Å². The molecule has 4 atom stereocenters. The SMILES string of the molecule is NC(=O)CC(NC(=O)C(Cc1ccc(O)cc1)NC(=O)C(N)CCCN=C(N)N)C(=O)NC(Cc1cnc[nH]1)C(=O)O. The van der Waals surface area contributed by atoms with Crippen LogP contribution in [0.25, 0.3) is 0 Å². The number of carbonyl (C=O) groups is 5. The molecule has 42 heavy (non-hydrogen) atoms. The fourth-order valence-electron chi connectivity index (χ4n) is 3.78. The quantitative estimate of drug-likeness (QED) is 0.0495. The van der Waals surface area contributed by atoms with E-state index in [2.05, 4.69) is 30.9 Å². The standard InChI is InChI=1S/C25H36N10O7/c26-16(2-1-7-31-25(28)29)21(38)33-17(8-13-3-5-15(36)6-4-13)22(39)34-18(10-20(27)37)23(40)35-19(24(41)42)9-14-11-30-12-32-14/h3-6,11-12,16-19,36H,1-2,7-10,26H2,(H2,27,37)(H,30,32)(H,33,38)(H,34,39)(H,35,40)(H,41,42)(H4,28,29,31). The number of aliphatic imine (C=N–C) groups is 1. The van der Waals surface area contributed by atoms with Crippen LogP contribution in [-0.4, -0.2) is 86.5 Å². The monoisotopic (exact) mass is 588 g/mol. The van der Waals surface area contributed by atoms with Gasteiger partial charge in [0.15, 0.2) is 5.96 Å². The number of carbonyl (C=O) groups excluding carboxylic acids is 4. The van der Waals surface area contributed by atoms with Crippen molar-refractivity contribution < 1.29 is 34.2 Å². The number of aromatic nitrogens is 2. The van der Waals surface area contributed by atoms with Crippen molar-refractivity contribution in [3.05, 3.63) is 48.0 Å². The molecule has 14 N–H and O–H groups in total. The summed E-state index contributed by atoms with van der Waals surface area (Å²) in [4.78, 5) is 73.0. The third-order valence-electron chi connectivity index (χ3n) is 5.95. The van der Waals surface area contributed by atoms with Crippen molar-refractivity contribution in [2.75, 3.05) is 6.54 Å². The topological polar surface area (TPSA) is 307 Å². The van der Waals surface area contributed by atoms with Crippen LogP contribution in [0.2, 0.25) is 0 Å². The number of hydrogen-bond donors (Lipinski definition) is 10. The molecule has 0 radical (unpaired) electrons. The minimum absolute atomic E-state index is 0.0205. The average Bonchev–Trinajstić information content (AvgIpc) is 3.43. The van der Waals surface area contributed by atoms with Crippen molar-refractivity contribution in [3.8, 4) is 5.75 Å². The Hall–Kier alpha value is -5.19. The summed E-state index contributed by atoms with van der Waals surface area (Å²) in [5, 5.41) is 26.4.